The van der Waals surface area contributed by atoms with Crippen molar-refractivity contribution in [2.45, 2.75) is 58.8 Å². The Hall–Kier alpha value is -1.51. The molecular weight excluding hydrogens is 264 g/mol. The van der Waals surface area contributed by atoms with Gasteiger partial charge in [0, 0.05) is 0 Å². The summed E-state index contributed by atoms with van der Waals surface area (Å²) in [4.78, 5) is 11.7. The van der Waals surface area contributed by atoms with Crippen molar-refractivity contribution in [1.82, 2.24) is 0 Å². The van der Waals surface area contributed by atoms with Crippen LogP contribution in [0.5, 0.6) is 5.75 Å². The minimum Gasteiger partial charge on any atom is -0.494 e. The second kappa shape index (κ2) is 11.2. The molecule has 3 heteroatoms. The highest BCUT2D eigenvalue weighted by molar-refractivity contribution is 5.89. The quantitative estimate of drug-likeness (QED) is 0.425. The Kier molecular flexibility index (Phi) is 9.34. The van der Waals surface area contributed by atoms with Gasteiger partial charge in [0.25, 0.3) is 0 Å². The van der Waals surface area contributed by atoms with Crippen LogP contribution in [0, 0.1) is 0 Å². The normalized spacial score (nSPS) is 10.4. The minimum absolute atomic E-state index is 0.255. The lowest BCUT2D eigenvalue weighted by molar-refractivity contribution is 0.0499. The summed E-state index contributed by atoms with van der Waals surface area (Å²) < 4.78 is 10.8. The van der Waals surface area contributed by atoms with Crippen molar-refractivity contribution in [2.75, 3.05) is 13.2 Å². The van der Waals surface area contributed by atoms with E-state index in [4.69, 9.17) is 9.47 Å². The number of carbonyl (C=O) groups excluding carboxylic acids is 1. The van der Waals surface area contributed by atoms with E-state index in [1.165, 1.54) is 25.7 Å². The Morgan fingerprint density at radius 3 is 2.19 bits per heavy atom. The minimum atomic E-state index is -0.255. The van der Waals surface area contributed by atoms with Crippen molar-refractivity contribution >= 4 is 5.97 Å². The van der Waals surface area contributed by atoms with E-state index in [1.807, 2.05) is 12.1 Å². The summed E-state index contributed by atoms with van der Waals surface area (Å²) in [5, 5.41) is 0. The predicted molar refractivity (Wildman–Crippen MR) is 85.9 cm³/mol. The van der Waals surface area contributed by atoms with Gasteiger partial charge in [-0.25, -0.2) is 4.79 Å². The molecule has 0 N–H and O–H groups in total. The molecule has 0 heterocycles. The molecule has 118 valence electrons. The van der Waals surface area contributed by atoms with E-state index < -0.39 is 0 Å². The van der Waals surface area contributed by atoms with Crippen molar-refractivity contribution in [2.24, 2.45) is 0 Å². The largest absolute Gasteiger partial charge is 0.494 e. The molecule has 21 heavy (non-hydrogen) atoms. The third-order valence-corrected chi connectivity index (χ3v) is 3.34. The standard InChI is InChI=1S/C18H28O3/c1-3-5-7-8-9-15-20-17-12-10-16(11-13-17)18(19)21-14-6-4-2/h10-13H,3-9,14-15H2,1-2H3. The van der Waals surface area contributed by atoms with Gasteiger partial charge in [0.05, 0.1) is 18.8 Å². The number of benzene rings is 1. The Bertz CT molecular complexity index is 384. The van der Waals surface area contributed by atoms with Crippen molar-refractivity contribution < 1.29 is 14.3 Å². The van der Waals surface area contributed by atoms with Crippen LogP contribution in [0.3, 0.4) is 0 Å². The maximum atomic E-state index is 11.7. The van der Waals surface area contributed by atoms with Gasteiger partial charge in [-0.3, -0.25) is 0 Å². The van der Waals surface area contributed by atoms with Gasteiger partial charge in [0.1, 0.15) is 5.75 Å². The molecule has 0 radical (unpaired) electrons. The molecule has 0 unspecified atom stereocenters. The topological polar surface area (TPSA) is 35.5 Å². The van der Waals surface area contributed by atoms with E-state index in [9.17, 15) is 4.79 Å². The number of hydrogen-bond acceptors (Lipinski definition) is 3. The summed E-state index contributed by atoms with van der Waals surface area (Å²) >= 11 is 0. The predicted octanol–water partition coefficient (Wildman–Crippen LogP) is 4.99. The smallest absolute Gasteiger partial charge is 0.338 e. The fourth-order valence-electron chi connectivity index (χ4n) is 1.98. The van der Waals surface area contributed by atoms with Crippen LogP contribution in [0.25, 0.3) is 0 Å². The van der Waals surface area contributed by atoms with E-state index in [1.54, 1.807) is 12.1 Å². The first-order valence-electron chi connectivity index (χ1n) is 8.18. The molecule has 0 aromatic heterocycles. The van der Waals surface area contributed by atoms with Gasteiger partial charge < -0.3 is 9.47 Å². The van der Waals surface area contributed by atoms with E-state index >= 15 is 0 Å². The number of esters is 1. The molecule has 0 amide bonds. The lowest BCUT2D eigenvalue weighted by Crippen LogP contribution is -2.06. The van der Waals surface area contributed by atoms with E-state index in [0.29, 0.717) is 12.2 Å². The zero-order valence-corrected chi connectivity index (χ0v) is 13.4. The van der Waals surface area contributed by atoms with Crippen molar-refractivity contribution in [3.8, 4) is 5.75 Å². The number of hydrogen-bond donors (Lipinski definition) is 0. The van der Waals surface area contributed by atoms with Crippen molar-refractivity contribution in [3.63, 3.8) is 0 Å². The molecular formula is C18H28O3. The number of ether oxygens (including phenoxy) is 2. The van der Waals surface area contributed by atoms with Crippen LogP contribution >= 0.6 is 0 Å². The molecule has 0 saturated carbocycles. The summed E-state index contributed by atoms with van der Waals surface area (Å²) in [7, 11) is 0. The van der Waals surface area contributed by atoms with Crippen LogP contribution in [0.1, 0.15) is 69.2 Å². The summed E-state index contributed by atoms with van der Waals surface area (Å²) in [6.45, 7) is 5.52. The van der Waals surface area contributed by atoms with Gasteiger partial charge in [-0.05, 0) is 37.1 Å². The maximum absolute atomic E-state index is 11.7. The average molecular weight is 292 g/mol. The highest BCUT2D eigenvalue weighted by Crippen LogP contribution is 2.14. The lowest BCUT2D eigenvalue weighted by Gasteiger charge is -2.07. The zero-order chi connectivity index (χ0) is 15.3. The van der Waals surface area contributed by atoms with Crippen molar-refractivity contribution in [3.05, 3.63) is 29.8 Å². The molecule has 0 saturated heterocycles. The second-order valence-electron chi connectivity index (χ2n) is 5.28. The number of carbonyl (C=O) groups is 1. The summed E-state index contributed by atoms with van der Waals surface area (Å²) in [6, 6.07) is 7.20. The van der Waals surface area contributed by atoms with Gasteiger partial charge in [0.15, 0.2) is 0 Å². The van der Waals surface area contributed by atoms with Crippen molar-refractivity contribution in [1.29, 1.82) is 0 Å². The van der Waals surface area contributed by atoms with Crippen LogP contribution < -0.4 is 4.74 Å². The Balaban J connectivity index is 2.25. The molecule has 1 rings (SSSR count). The Labute approximate surface area is 128 Å². The van der Waals surface area contributed by atoms with Crippen LogP contribution in [-0.4, -0.2) is 19.2 Å². The Morgan fingerprint density at radius 1 is 0.857 bits per heavy atom. The van der Waals surface area contributed by atoms with Crippen LogP contribution in [-0.2, 0) is 4.74 Å². The van der Waals surface area contributed by atoms with E-state index in [-0.39, 0.29) is 5.97 Å². The molecule has 1 aromatic rings. The van der Waals surface area contributed by atoms with Gasteiger partial charge in [0.2, 0.25) is 0 Å². The molecule has 0 aliphatic rings. The average Bonchev–Trinajstić information content (AvgIpc) is 2.51. The molecule has 1 aromatic carbocycles. The van der Waals surface area contributed by atoms with Crippen LogP contribution in [0.15, 0.2) is 24.3 Å². The maximum Gasteiger partial charge on any atom is 0.338 e. The first-order chi connectivity index (χ1) is 10.3. The summed E-state index contributed by atoms with van der Waals surface area (Å²) in [5.41, 5.74) is 0.585. The molecule has 0 atom stereocenters. The SMILES string of the molecule is CCCCCCCOc1ccc(C(=O)OCCCC)cc1. The molecule has 0 bridgehead atoms. The van der Waals surface area contributed by atoms with Gasteiger partial charge in [-0.1, -0.05) is 46.0 Å². The molecule has 0 aliphatic carbocycles. The monoisotopic (exact) mass is 292 g/mol. The fourth-order valence-corrected chi connectivity index (χ4v) is 1.98. The van der Waals surface area contributed by atoms with Gasteiger partial charge in [-0.2, -0.15) is 0 Å². The van der Waals surface area contributed by atoms with Gasteiger partial charge in [-0.15, -0.1) is 0 Å². The van der Waals surface area contributed by atoms with E-state index in [0.717, 1.165) is 31.6 Å². The zero-order valence-electron chi connectivity index (χ0n) is 13.4. The fraction of sp³-hybridized carbons (Fsp3) is 0.611. The first-order valence-corrected chi connectivity index (χ1v) is 8.18. The molecule has 0 fully saturated rings. The third kappa shape index (κ3) is 7.74. The van der Waals surface area contributed by atoms with Crippen LogP contribution in [0.2, 0.25) is 0 Å². The number of unbranched alkanes of at least 4 members (excludes halogenated alkanes) is 5. The third-order valence-electron chi connectivity index (χ3n) is 3.34. The summed E-state index contributed by atoms with van der Waals surface area (Å²) in [6.07, 6.45) is 8.08. The molecule has 3 nitrogen and oxygen atoms in total. The van der Waals surface area contributed by atoms with E-state index in [2.05, 4.69) is 13.8 Å². The lowest BCUT2D eigenvalue weighted by atomic mass is 10.2. The second-order valence-corrected chi connectivity index (χ2v) is 5.28. The first kappa shape index (κ1) is 17.5. The molecule has 0 aliphatic heterocycles. The van der Waals surface area contributed by atoms with Gasteiger partial charge >= 0.3 is 5.97 Å². The highest BCUT2D eigenvalue weighted by Gasteiger charge is 2.06. The summed E-state index contributed by atoms with van der Waals surface area (Å²) in [5.74, 6) is 0.560. The highest BCUT2D eigenvalue weighted by atomic mass is 16.5. The Morgan fingerprint density at radius 2 is 1.52 bits per heavy atom. The number of rotatable bonds is 11. The molecule has 0 spiro atoms. The van der Waals surface area contributed by atoms with Crippen LogP contribution in [0.4, 0.5) is 0 Å².